The molecule has 4 rings (SSSR count). The highest BCUT2D eigenvalue weighted by Crippen LogP contribution is 2.46. The Morgan fingerprint density at radius 2 is 1.90 bits per heavy atom. The lowest BCUT2D eigenvalue weighted by molar-refractivity contribution is 0.647. The lowest BCUT2D eigenvalue weighted by atomic mass is 9.91. The molecule has 0 aromatic heterocycles. The largest absolute Gasteiger partial charge is 0.253 e. The summed E-state index contributed by atoms with van der Waals surface area (Å²) in [6.45, 7) is 4.36. The Morgan fingerprint density at radius 1 is 1.10 bits per heavy atom. The molecule has 0 radical (unpaired) electrons. The van der Waals surface area contributed by atoms with Crippen LogP contribution in [0.2, 0.25) is 0 Å². The third kappa shape index (κ3) is 1.59. The lowest BCUT2D eigenvalue weighted by Crippen LogP contribution is -2.12. The van der Waals surface area contributed by atoms with Crippen LogP contribution in [0.5, 0.6) is 0 Å². The number of benzene rings is 1. The van der Waals surface area contributed by atoms with Crippen molar-refractivity contribution in [3.8, 4) is 11.4 Å². The second-order valence-corrected chi connectivity index (χ2v) is 5.61. The number of hydrogen-bond acceptors (Lipinski definition) is 3. The highest BCUT2D eigenvalue weighted by atomic mass is 15.4. The van der Waals surface area contributed by atoms with E-state index >= 15 is 0 Å². The van der Waals surface area contributed by atoms with Gasteiger partial charge in [-0.25, -0.2) is 4.68 Å². The van der Waals surface area contributed by atoms with Crippen molar-refractivity contribution < 1.29 is 0 Å². The molecule has 1 aromatic rings. The van der Waals surface area contributed by atoms with Crippen molar-refractivity contribution in [3.63, 3.8) is 0 Å². The Morgan fingerprint density at radius 3 is 2.76 bits per heavy atom. The number of nitrogens with zero attached hydrogens (tertiary/aromatic N) is 4. The van der Waals surface area contributed by atoms with Crippen LogP contribution in [0, 0.1) is 0 Å². The van der Waals surface area contributed by atoms with Gasteiger partial charge in [-0.15, -0.1) is 5.10 Å². The summed E-state index contributed by atoms with van der Waals surface area (Å²) in [4.78, 5) is 4.51. The summed E-state index contributed by atoms with van der Waals surface area (Å²) in [6, 6.07) is 10.5. The number of rotatable bonds is 1. The summed E-state index contributed by atoms with van der Waals surface area (Å²) < 4.78 is 1.78. The van der Waals surface area contributed by atoms with E-state index in [0.29, 0.717) is 0 Å². The number of aromatic nitrogens is 4. The predicted octanol–water partition coefficient (Wildman–Crippen LogP) is 3.25. The first-order valence-corrected chi connectivity index (χ1v) is 7.09. The van der Waals surface area contributed by atoms with Gasteiger partial charge < -0.3 is 0 Å². The summed E-state index contributed by atoms with van der Waals surface area (Å²) in [6.07, 6.45) is 1.82. The monoisotopic (exact) mass is 276 g/mol. The molecule has 4 nitrogen and oxygen atoms in total. The first-order valence-electron chi connectivity index (χ1n) is 7.09. The molecule has 4 heteroatoms. The van der Waals surface area contributed by atoms with Crippen LogP contribution in [0.1, 0.15) is 36.6 Å². The highest BCUT2D eigenvalue weighted by molar-refractivity contribution is 5.79. The molecule has 104 valence electrons. The molecule has 2 aliphatic heterocycles. The van der Waals surface area contributed by atoms with E-state index in [-0.39, 0.29) is 5.92 Å². The van der Waals surface area contributed by atoms with Crippen molar-refractivity contribution in [2.75, 3.05) is 0 Å². The summed E-state index contributed by atoms with van der Waals surface area (Å²) in [5.41, 5.74) is 8.22. The van der Waals surface area contributed by atoms with Gasteiger partial charge in [-0.3, -0.25) is 4.98 Å². The Kier molecular flexibility index (Phi) is 2.48. The summed E-state index contributed by atoms with van der Waals surface area (Å²) >= 11 is 0. The fourth-order valence-electron chi connectivity index (χ4n) is 3.30. The molecule has 2 heterocycles. The zero-order valence-electron chi connectivity index (χ0n) is 12.3. The van der Waals surface area contributed by atoms with E-state index < -0.39 is 0 Å². The highest BCUT2D eigenvalue weighted by Gasteiger charge is 2.32. The average molecular weight is 276 g/mol. The topological polar surface area (TPSA) is 43.6 Å². The molecule has 0 saturated heterocycles. The van der Waals surface area contributed by atoms with E-state index in [1.54, 1.807) is 4.68 Å². The van der Waals surface area contributed by atoms with E-state index in [1.165, 1.54) is 22.3 Å². The standard InChI is InChI=1S/C17H16N4/c1-10-11(2)15(13-7-5-4-6-12(10)13)17-16-14(8-9-18-16)21(3)20-19-17/h4-9,15H,1-3H3. The maximum atomic E-state index is 4.51. The molecular weight excluding hydrogens is 260 g/mol. The van der Waals surface area contributed by atoms with Crippen molar-refractivity contribution in [2.45, 2.75) is 19.8 Å². The Bertz CT molecular complexity index is 844. The van der Waals surface area contributed by atoms with E-state index in [0.717, 1.165) is 17.1 Å². The number of aryl methyl sites for hydroxylation is 1. The van der Waals surface area contributed by atoms with Crippen LogP contribution in [0.25, 0.3) is 17.0 Å². The Labute approximate surface area is 123 Å². The van der Waals surface area contributed by atoms with Gasteiger partial charge >= 0.3 is 0 Å². The minimum Gasteiger partial charge on any atom is -0.253 e. The maximum Gasteiger partial charge on any atom is 0.113 e. The molecule has 0 saturated carbocycles. The van der Waals surface area contributed by atoms with Gasteiger partial charge in [-0.05, 0) is 36.6 Å². The van der Waals surface area contributed by atoms with Crippen LogP contribution in [-0.2, 0) is 7.05 Å². The smallest absolute Gasteiger partial charge is 0.113 e. The third-order valence-electron chi connectivity index (χ3n) is 4.53. The van der Waals surface area contributed by atoms with Crippen LogP contribution in [0.3, 0.4) is 0 Å². The zero-order chi connectivity index (χ0) is 14.6. The van der Waals surface area contributed by atoms with Gasteiger partial charge in [0, 0.05) is 13.2 Å². The fraction of sp³-hybridized carbons (Fsp3) is 0.235. The molecule has 0 bridgehead atoms. The zero-order valence-corrected chi connectivity index (χ0v) is 12.3. The second-order valence-electron chi connectivity index (χ2n) is 5.61. The Balaban J connectivity index is 1.98. The minimum atomic E-state index is 0.160. The van der Waals surface area contributed by atoms with Gasteiger partial charge in [0.05, 0.1) is 11.6 Å². The van der Waals surface area contributed by atoms with Gasteiger partial charge in [0.1, 0.15) is 11.4 Å². The SMILES string of the molecule is CC1=C(C)C(c2nnn(C)c3ccnc2-3)c2ccccc21. The predicted molar refractivity (Wildman–Crippen MR) is 82.0 cm³/mol. The van der Waals surface area contributed by atoms with Crippen molar-refractivity contribution >= 4 is 5.57 Å². The van der Waals surface area contributed by atoms with Gasteiger partial charge in [-0.1, -0.05) is 35.1 Å². The number of hydrogen-bond donors (Lipinski definition) is 0. The van der Waals surface area contributed by atoms with Crippen LogP contribution in [0.15, 0.2) is 42.1 Å². The van der Waals surface area contributed by atoms with Crippen molar-refractivity contribution in [1.29, 1.82) is 0 Å². The summed E-state index contributed by atoms with van der Waals surface area (Å²) in [5.74, 6) is 0.160. The molecular formula is C17H16N4. The van der Waals surface area contributed by atoms with Crippen molar-refractivity contribution in [2.24, 2.45) is 7.05 Å². The van der Waals surface area contributed by atoms with Crippen LogP contribution < -0.4 is 0 Å². The van der Waals surface area contributed by atoms with Crippen molar-refractivity contribution in [3.05, 3.63) is 58.9 Å². The molecule has 0 N–H and O–H groups in total. The average Bonchev–Trinajstić information content (AvgIpc) is 3.07. The van der Waals surface area contributed by atoms with E-state index in [4.69, 9.17) is 0 Å². The Hall–Kier alpha value is -2.49. The van der Waals surface area contributed by atoms with Crippen LogP contribution in [0.4, 0.5) is 0 Å². The summed E-state index contributed by atoms with van der Waals surface area (Å²) in [7, 11) is 1.90. The lowest BCUT2D eigenvalue weighted by Gasteiger charge is -2.17. The van der Waals surface area contributed by atoms with Crippen LogP contribution >= 0.6 is 0 Å². The second kappa shape index (κ2) is 4.25. The fourth-order valence-corrected chi connectivity index (χ4v) is 3.30. The number of allylic oxidation sites excluding steroid dienone is 2. The van der Waals surface area contributed by atoms with Crippen molar-refractivity contribution in [1.82, 2.24) is 20.0 Å². The third-order valence-corrected chi connectivity index (χ3v) is 4.53. The van der Waals surface area contributed by atoms with E-state index in [9.17, 15) is 0 Å². The van der Waals surface area contributed by atoms with Gasteiger partial charge in [-0.2, -0.15) is 0 Å². The van der Waals surface area contributed by atoms with Gasteiger partial charge in [0.25, 0.3) is 0 Å². The molecule has 1 atom stereocenters. The van der Waals surface area contributed by atoms with Crippen LogP contribution in [-0.4, -0.2) is 20.0 Å². The molecule has 21 heavy (non-hydrogen) atoms. The molecule has 3 aliphatic rings. The molecule has 0 amide bonds. The molecule has 1 aromatic carbocycles. The molecule has 0 spiro atoms. The first kappa shape index (κ1) is 12.3. The normalized spacial score (nSPS) is 17.6. The van der Waals surface area contributed by atoms with E-state index in [2.05, 4.69) is 53.4 Å². The first-order chi connectivity index (χ1) is 10.2. The quantitative estimate of drug-likeness (QED) is 0.685. The maximum absolute atomic E-state index is 4.51. The molecule has 1 aliphatic carbocycles. The summed E-state index contributed by atoms with van der Waals surface area (Å²) in [5, 5.41) is 8.72. The van der Waals surface area contributed by atoms with Gasteiger partial charge in [0.2, 0.25) is 0 Å². The van der Waals surface area contributed by atoms with Gasteiger partial charge in [0.15, 0.2) is 0 Å². The molecule has 0 fully saturated rings. The number of fused-ring (bicyclic) bond motifs is 2. The molecule has 1 unspecified atom stereocenters. The van der Waals surface area contributed by atoms with E-state index in [1.807, 2.05) is 19.3 Å². The minimum absolute atomic E-state index is 0.160.